The molecule has 0 atom stereocenters. The molecule has 0 spiro atoms. The summed E-state index contributed by atoms with van der Waals surface area (Å²) in [7, 11) is 0. The van der Waals surface area contributed by atoms with Crippen LogP contribution in [-0.4, -0.2) is 17.7 Å². The molecule has 5 heteroatoms. The number of aryl methyl sites for hydroxylation is 1. The largest absolute Gasteiger partial charge is 0.454 e. The molecule has 28 heavy (non-hydrogen) atoms. The van der Waals surface area contributed by atoms with Crippen LogP contribution in [0.3, 0.4) is 0 Å². The van der Waals surface area contributed by atoms with Gasteiger partial charge in [-0.05, 0) is 60.7 Å². The van der Waals surface area contributed by atoms with Gasteiger partial charge in [0.2, 0.25) is 12.7 Å². The van der Waals surface area contributed by atoms with E-state index in [1.807, 2.05) is 42.5 Å². The van der Waals surface area contributed by atoms with Crippen LogP contribution in [0.15, 0.2) is 60.8 Å². The number of aromatic nitrogens is 1. The Morgan fingerprint density at radius 2 is 1.89 bits per heavy atom. The summed E-state index contributed by atoms with van der Waals surface area (Å²) in [4.78, 5) is 17.4. The SMILES string of the molecule is Cc1ccccc1-c1ccc(NC(=O)C2(c3ccc4c(c3)OCO4)CC2)nc1.[HH]. The van der Waals surface area contributed by atoms with E-state index in [9.17, 15) is 4.79 Å². The number of hydrogen-bond donors (Lipinski definition) is 1. The third kappa shape index (κ3) is 2.80. The molecule has 2 aliphatic rings. The van der Waals surface area contributed by atoms with Gasteiger partial charge in [0.15, 0.2) is 11.5 Å². The number of carbonyl (C=O) groups is 1. The lowest BCUT2D eigenvalue weighted by atomic mass is 9.94. The number of amides is 1. The molecule has 1 N–H and O–H groups in total. The fourth-order valence-electron chi connectivity index (χ4n) is 3.73. The lowest BCUT2D eigenvalue weighted by Gasteiger charge is -2.16. The van der Waals surface area contributed by atoms with E-state index in [-0.39, 0.29) is 14.1 Å². The van der Waals surface area contributed by atoms with Gasteiger partial charge >= 0.3 is 0 Å². The minimum Gasteiger partial charge on any atom is -0.454 e. The van der Waals surface area contributed by atoms with E-state index in [1.54, 1.807) is 6.20 Å². The number of nitrogens with one attached hydrogen (secondary N) is 1. The Morgan fingerprint density at radius 1 is 1.07 bits per heavy atom. The van der Waals surface area contributed by atoms with Crippen LogP contribution >= 0.6 is 0 Å². The summed E-state index contributed by atoms with van der Waals surface area (Å²) in [6.45, 7) is 2.31. The average Bonchev–Trinajstić information content (AvgIpc) is 3.40. The molecule has 1 saturated carbocycles. The molecule has 5 rings (SSSR count). The normalized spacial score (nSPS) is 15.9. The molecule has 1 amide bonds. The summed E-state index contributed by atoms with van der Waals surface area (Å²) in [6, 6.07) is 17.8. The second-order valence-electron chi connectivity index (χ2n) is 7.35. The predicted octanol–water partition coefficient (Wildman–Crippen LogP) is 4.70. The summed E-state index contributed by atoms with van der Waals surface area (Å²) in [6.07, 6.45) is 3.44. The molecule has 142 valence electrons. The van der Waals surface area contributed by atoms with Crippen molar-refractivity contribution in [1.82, 2.24) is 4.98 Å². The Kier molecular flexibility index (Phi) is 3.83. The smallest absolute Gasteiger partial charge is 0.236 e. The molecule has 0 unspecified atom stereocenters. The van der Waals surface area contributed by atoms with Gasteiger partial charge in [-0.2, -0.15) is 0 Å². The van der Waals surface area contributed by atoms with Crippen LogP contribution in [0.25, 0.3) is 11.1 Å². The highest BCUT2D eigenvalue weighted by Crippen LogP contribution is 2.51. The number of carbonyl (C=O) groups excluding carboxylic acids is 1. The van der Waals surface area contributed by atoms with Crippen LogP contribution in [0.4, 0.5) is 5.82 Å². The van der Waals surface area contributed by atoms with Crippen LogP contribution in [0.5, 0.6) is 11.5 Å². The quantitative estimate of drug-likeness (QED) is 0.719. The van der Waals surface area contributed by atoms with Gasteiger partial charge in [0.05, 0.1) is 5.41 Å². The molecule has 2 heterocycles. The first kappa shape index (κ1) is 16.8. The van der Waals surface area contributed by atoms with Gasteiger partial charge in [-0.3, -0.25) is 4.79 Å². The average molecular weight is 374 g/mol. The molecule has 2 aromatic carbocycles. The maximum Gasteiger partial charge on any atom is 0.236 e. The molecule has 1 aromatic heterocycles. The van der Waals surface area contributed by atoms with E-state index >= 15 is 0 Å². The van der Waals surface area contributed by atoms with E-state index in [1.165, 1.54) is 5.56 Å². The Bertz CT molecular complexity index is 1060. The van der Waals surface area contributed by atoms with Crippen molar-refractivity contribution in [3.05, 3.63) is 71.9 Å². The molecule has 5 nitrogen and oxygen atoms in total. The lowest BCUT2D eigenvalue weighted by molar-refractivity contribution is -0.118. The lowest BCUT2D eigenvalue weighted by Crippen LogP contribution is -2.28. The maximum atomic E-state index is 13.0. The second kappa shape index (κ2) is 6.37. The Labute approximate surface area is 164 Å². The minimum atomic E-state index is -0.503. The standard InChI is InChI=1S/C23H20N2O3.H2/c1-15-4-2-3-5-18(15)16-6-9-21(24-13-16)25-22(26)23(10-11-23)17-7-8-19-20(12-17)28-14-27-19;/h2-9,12-13H,10-11,14H2,1H3,(H,24,25,26);1H. The molecular formula is C23H22N2O3. The molecular weight excluding hydrogens is 352 g/mol. The van der Waals surface area contributed by atoms with Crippen molar-refractivity contribution in [2.24, 2.45) is 0 Å². The number of benzene rings is 2. The van der Waals surface area contributed by atoms with Crippen molar-refractivity contribution in [3.8, 4) is 22.6 Å². The Balaban J connectivity index is 0.00000205. The zero-order valence-corrected chi connectivity index (χ0v) is 15.6. The summed E-state index contributed by atoms with van der Waals surface area (Å²) < 4.78 is 10.8. The van der Waals surface area contributed by atoms with Crippen LogP contribution in [0.2, 0.25) is 0 Å². The molecule has 3 aromatic rings. The summed E-state index contributed by atoms with van der Waals surface area (Å²) in [5.41, 5.74) is 3.84. The van der Waals surface area contributed by atoms with Crippen molar-refractivity contribution in [1.29, 1.82) is 0 Å². The predicted molar refractivity (Wildman–Crippen MR) is 109 cm³/mol. The van der Waals surface area contributed by atoms with Gasteiger partial charge in [-0.1, -0.05) is 30.3 Å². The van der Waals surface area contributed by atoms with Crippen molar-refractivity contribution < 1.29 is 15.7 Å². The van der Waals surface area contributed by atoms with Crippen molar-refractivity contribution in [2.45, 2.75) is 25.2 Å². The number of nitrogens with zero attached hydrogens (tertiary/aromatic N) is 1. The number of anilines is 1. The van der Waals surface area contributed by atoms with E-state index in [0.29, 0.717) is 11.6 Å². The Hall–Kier alpha value is -3.34. The van der Waals surface area contributed by atoms with Crippen LogP contribution in [0, 0.1) is 6.92 Å². The first-order chi connectivity index (χ1) is 13.7. The first-order valence-corrected chi connectivity index (χ1v) is 9.39. The molecule has 1 fully saturated rings. The number of pyridine rings is 1. The van der Waals surface area contributed by atoms with Gasteiger partial charge < -0.3 is 14.8 Å². The van der Waals surface area contributed by atoms with Gasteiger partial charge in [0.25, 0.3) is 0 Å². The van der Waals surface area contributed by atoms with E-state index in [0.717, 1.165) is 35.3 Å². The van der Waals surface area contributed by atoms with E-state index < -0.39 is 5.41 Å². The van der Waals surface area contributed by atoms with Crippen molar-refractivity contribution in [2.75, 3.05) is 12.1 Å². The van der Waals surface area contributed by atoms with Crippen molar-refractivity contribution >= 4 is 11.7 Å². The first-order valence-electron chi connectivity index (χ1n) is 9.39. The molecule has 0 bridgehead atoms. The Morgan fingerprint density at radius 3 is 2.64 bits per heavy atom. The highest BCUT2D eigenvalue weighted by molar-refractivity contribution is 6.01. The fraction of sp³-hybridized carbons (Fsp3) is 0.217. The topological polar surface area (TPSA) is 60.5 Å². The highest BCUT2D eigenvalue weighted by atomic mass is 16.7. The molecule has 1 aliphatic heterocycles. The van der Waals surface area contributed by atoms with Gasteiger partial charge in [-0.15, -0.1) is 0 Å². The molecule has 0 saturated heterocycles. The van der Waals surface area contributed by atoms with Crippen LogP contribution in [0.1, 0.15) is 25.4 Å². The van der Waals surface area contributed by atoms with E-state index in [4.69, 9.17) is 9.47 Å². The van der Waals surface area contributed by atoms with Gasteiger partial charge in [-0.25, -0.2) is 4.98 Å². The minimum absolute atomic E-state index is 0. The number of rotatable bonds is 4. The van der Waals surface area contributed by atoms with Crippen LogP contribution in [-0.2, 0) is 10.2 Å². The molecule has 1 aliphatic carbocycles. The third-order valence-electron chi connectivity index (χ3n) is 5.57. The van der Waals surface area contributed by atoms with E-state index in [2.05, 4.69) is 29.4 Å². The highest BCUT2D eigenvalue weighted by Gasteiger charge is 2.51. The number of hydrogen-bond acceptors (Lipinski definition) is 4. The zero-order valence-electron chi connectivity index (χ0n) is 15.6. The van der Waals surface area contributed by atoms with Gasteiger partial charge in [0.1, 0.15) is 5.82 Å². The maximum absolute atomic E-state index is 13.0. The number of ether oxygens (including phenoxy) is 2. The van der Waals surface area contributed by atoms with Crippen LogP contribution < -0.4 is 14.8 Å². The fourth-order valence-corrected chi connectivity index (χ4v) is 3.73. The summed E-state index contributed by atoms with van der Waals surface area (Å²) >= 11 is 0. The molecule has 0 radical (unpaired) electrons. The third-order valence-corrected chi connectivity index (χ3v) is 5.57. The number of fused-ring (bicyclic) bond motifs is 1. The van der Waals surface area contributed by atoms with Crippen molar-refractivity contribution in [3.63, 3.8) is 0 Å². The monoisotopic (exact) mass is 374 g/mol. The second-order valence-corrected chi connectivity index (χ2v) is 7.35. The zero-order chi connectivity index (χ0) is 19.1. The summed E-state index contributed by atoms with van der Waals surface area (Å²) in [5.74, 6) is 1.97. The van der Waals surface area contributed by atoms with Gasteiger partial charge in [0, 0.05) is 13.2 Å². The summed E-state index contributed by atoms with van der Waals surface area (Å²) in [5, 5.41) is 2.98.